The molecule has 0 bridgehead atoms. The maximum Gasteiger partial charge on any atom is 0.251 e. The molecule has 1 saturated carbocycles. The highest BCUT2D eigenvalue weighted by molar-refractivity contribution is 7.98. The van der Waals surface area contributed by atoms with Gasteiger partial charge in [-0.25, -0.2) is 4.98 Å². The molecule has 5 rings (SSSR count). The second-order valence-corrected chi connectivity index (χ2v) is 9.58. The molecule has 0 aliphatic heterocycles. The van der Waals surface area contributed by atoms with Gasteiger partial charge in [0.25, 0.3) is 5.91 Å². The SMILES string of the molecule is COc1cccc(CSc2nc3ccncc3n2Cc2ccc(C(=O)NC3CCCC3)cc2)c1. The number of carbonyl (C=O) groups is 1. The van der Waals surface area contributed by atoms with Gasteiger partial charge in [-0.2, -0.15) is 0 Å². The van der Waals surface area contributed by atoms with Crippen molar-refractivity contribution in [1.82, 2.24) is 19.9 Å². The predicted molar refractivity (Wildman–Crippen MR) is 135 cm³/mol. The van der Waals surface area contributed by atoms with Crippen LogP contribution in [0, 0.1) is 0 Å². The fraction of sp³-hybridized carbons (Fsp3) is 0.296. The van der Waals surface area contributed by atoms with Crippen LogP contribution in [0.5, 0.6) is 5.75 Å². The van der Waals surface area contributed by atoms with E-state index >= 15 is 0 Å². The lowest BCUT2D eigenvalue weighted by Crippen LogP contribution is -2.32. The fourth-order valence-corrected chi connectivity index (χ4v) is 5.36. The maximum atomic E-state index is 12.6. The van der Waals surface area contributed by atoms with Gasteiger partial charge in [0, 0.05) is 23.6 Å². The Labute approximate surface area is 203 Å². The van der Waals surface area contributed by atoms with E-state index in [4.69, 9.17) is 9.72 Å². The molecule has 2 aromatic heterocycles. The van der Waals surface area contributed by atoms with Gasteiger partial charge in [-0.1, -0.05) is 48.9 Å². The maximum absolute atomic E-state index is 12.6. The number of thioether (sulfide) groups is 1. The van der Waals surface area contributed by atoms with Crippen molar-refractivity contribution in [2.75, 3.05) is 7.11 Å². The summed E-state index contributed by atoms with van der Waals surface area (Å²) in [5.41, 5.74) is 4.93. The number of imidazole rings is 1. The second kappa shape index (κ2) is 10.3. The van der Waals surface area contributed by atoms with Crippen molar-refractivity contribution in [1.29, 1.82) is 0 Å². The number of aromatic nitrogens is 3. The number of amides is 1. The van der Waals surface area contributed by atoms with Gasteiger partial charge in [0.2, 0.25) is 0 Å². The first kappa shape index (κ1) is 22.5. The lowest BCUT2D eigenvalue weighted by molar-refractivity contribution is 0.0938. The van der Waals surface area contributed by atoms with Gasteiger partial charge in [0.05, 0.1) is 30.9 Å². The van der Waals surface area contributed by atoms with E-state index < -0.39 is 0 Å². The Morgan fingerprint density at radius 2 is 1.94 bits per heavy atom. The number of benzene rings is 2. The van der Waals surface area contributed by atoms with Crippen molar-refractivity contribution in [3.63, 3.8) is 0 Å². The molecule has 2 aromatic carbocycles. The molecule has 0 unspecified atom stereocenters. The number of ether oxygens (including phenoxy) is 1. The summed E-state index contributed by atoms with van der Waals surface area (Å²) in [6.07, 6.45) is 8.21. The van der Waals surface area contributed by atoms with Crippen molar-refractivity contribution >= 4 is 28.7 Å². The molecule has 1 fully saturated rings. The molecule has 6 nitrogen and oxygen atoms in total. The minimum Gasteiger partial charge on any atom is -0.497 e. The van der Waals surface area contributed by atoms with E-state index in [1.165, 1.54) is 18.4 Å². The summed E-state index contributed by atoms with van der Waals surface area (Å²) < 4.78 is 7.55. The molecule has 0 atom stereocenters. The second-order valence-electron chi connectivity index (χ2n) is 8.64. The van der Waals surface area contributed by atoms with Gasteiger partial charge in [0.15, 0.2) is 5.16 Å². The van der Waals surface area contributed by atoms with E-state index in [0.717, 1.165) is 46.1 Å². The van der Waals surface area contributed by atoms with Gasteiger partial charge in [-0.3, -0.25) is 9.78 Å². The molecule has 0 radical (unpaired) electrons. The molecule has 4 aromatic rings. The largest absolute Gasteiger partial charge is 0.497 e. The van der Waals surface area contributed by atoms with E-state index in [9.17, 15) is 4.79 Å². The third-order valence-corrected chi connectivity index (χ3v) is 7.31. The van der Waals surface area contributed by atoms with Gasteiger partial charge in [-0.15, -0.1) is 0 Å². The first-order chi connectivity index (χ1) is 16.7. The van der Waals surface area contributed by atoms with E-state index in [0.29, 0.717) is 18.2 Å². The van der Waals surface area contributed by atoms with Crippen LogP contribution in [0.4, 0.5) is 0 Å². The third-order valence-electron chi connectivity index (χ3n) is 6.26. The van der Waals surface area contributed by atoms with Gasteiger partial charge in [-0.05, 0) is 54.3 Å². The molecule has 0 saturated heterocycles. The first-order valence-electron chi connectivity index (χ1n) is 11.7. The van der Waals surface area contributed by atoms with Crippen LogP contribution >= 0.6 is 11.8 Å². The summed E-state index contributed by atoms with van der Waals surface area (Å²) in [6.45, 7) is 0.660. The zero-order valence-electron chi connectivity index (χ0n) is 19.2. The molecular weight excluding hydrogens is 444 g/mol. The number of fused-ring (bicyclic) bond motifs is 1. The zero-order chi connectivity index (χ0) is 23.3. The lowest BCUT2D eigenvalue weighted by Gasteiger charge is -2.13. The Morgan fingerprint density at radius 1 is 1.12 bits per heavy atom. The Hall–Kier alpha value is -3.32. The number of nitrogens with one attached hydrogen (secondary N) is 1. The number of pyridine rings is 1. The Morgan fingerprint density at radius 3 is 2.74 bits per heavy atom. The Kier molecular flexibility index (Phi) is 6.81. The van der Waals surface area contributed by atoms with Crippen molar-refractivity contribution in [3.8, 4) is 5.75 Å². The fourth-order valence-electron chi connectivity index (χ4n) is 4.40. The van der Waals surface area contributed by atoms with Crippen LogP contribution in [0.1, 0.15) is 47.2 Å². The van der Waals surface area contributed by atoms with Gasteiger partial charge < -0.3 is 14.6 Å². The van der Waals surface area contributed by atoms with Crippen LogP contribution in [-0.4, -0.2) is 33.6 Å². The average Bonchev–Trinajstić information content (AvgIpc) is 3.51. The summed E-state index contributed by atoms with van der Waals surface area (Å²) in [6, 6.07) is 18.3. The molecule has 1 aliphatic rings. The van der Waals surface area contributed by atoms with E-state index in [1.807, 2.05) is 48.7 Å². The molecule has 1 N–H and O–H groups in total. The number of nitrogens with zero attached hydrogens (tertiary/aromatic N) is 3. The quantitative estimate of drug-likeness (QED) is 0.345. The number of carbonyl (C=O) groups excluding carboxylic acids is 1. The minimum atomic E-state index is 0.0188. The van der Waals surface area contributed by atoms with E-state index in [2.05, 4.69) is 27.0 Å². The molecule has 1 amide bonds. The lowest BCUT2D eigenvalue weighted by atomic mass is 10.1. The highest BCUT2D eigenvalue weighted by Gasteiger charge is 2.18. The summed E-state index contributed by atoms with van der Waals surface area (Å²) in [7, 11) is 1.68. The Bertz CT molecular complexity index is 1280. The summed E-state index contributed by atoms with van der Waals surface area (Å²) in [5, 5.41) is 4.10. The summed E-state index contributed by atoms with van der Waals surface area (Å²) in [4.78, 5) is 21.8. The minimum absolute atomic E-state index is 0.0188. The average molecular weight is 473 g/mol. The molecule has 1 aliphatic carbocycles. The Balaban J connectivity index is 1.33. The topological polar surface area (TPSA) is 69.0 Å². The van der Waals surface area contributed by atoms with Gasteiger partial charge in [0.1, 0.15) is 5.75 Å². The van der Waals surface area contributed by atoms with Crippen molar-refractivity contribution in [2.45, 2.75) is 49.2 Å². The van der Waals surface area contributed by atoms with Gasteiger partial charge >= 0.3 is 0 Å². The molecule has 34 heavy (non-hydrogen) atoms. The summed E-state index contributed by atoms with van der Waals surface area (Å²) in [5.74, 6) is 1.66. The summed E-state index contributed by atoms with van der Waals surface area (Å²) >= 11 is 1.69. The highest BCUT2D eigenvalue weighted by Crippen LogP contribution is 2.28. The number of hydrogen-bond acceptors (Lipinski definition) is 5. The van der Waals surface area contributed by atoms with Crippen LogP contribution in [0.25, 0.3) is 11.0 Å². The van der Waals surface area contributed by atoms with Crippen LogP contribution < -0.4 is 10.1 Å². The monoisotopic (exact) mass is 472 g/mol. The van der Waals surface area contributed by atoms with E-state index in [1.54, 1.807) is 25.1 Å². The molecule has 0 spiro atoms. The van der Waals surface area contributed by atoms with E-state index in [-0.39, 0.29) is 5.91 Å². The number of hydrogen-bond donors (Lipinski definition) is 1. The van der Waals surface area contributed by atoms with Crippen LogP contribution in [0.3, 0.4) is 0 Å². The molecule has 2 heterocycles. The normalized spacial score (nSPS) is 13.9. The smallest absolute Gasteiger partial charge is 0.251 e. The number of rotatable bonds is 8. The zero-order valence-corrected chi connectivity index (χ0v) is 20.1. The molecular formula is C27H28N4O2S. The van der Waals surface area contributed by atoms with Crippen molar-refractivity contribution < 1.29 is 9.53 Å². The van der Waals surface area contributed by atoms with Crippen LogP contribution in [-0.2, 0) is 12.3 Å². The standard InChI is InChI=1S/C27H28N4O2S/c1-33-23-8-4-5-20(15-23)18-34-27-30-24-13-14-28-16-25(24)31(27)17-19-9-11-21(12-10-19)26(32)29-22-6-2-3-7-22/h4-5,8-16,22H,2-3,6-7,17-18H2,1H3,(H,29,32). The third kappa shape index (κ3) is 5.09. The molecule has 174 valence electrons. The number of methoxy groups -OCH3 is 1. The van der Waals surface area contributed by atoms with Crippen molar-refractivity contribution in [3.05, 3.63) is 83.7 Å². The predicted octanol–water partition coefficient (Wildman–Crippen LogP) is 5.45. The van der Waals surface area contributed by atoms with Crippen LogP contribution in [0.2, 0.25) is 0 Å². The molecule has 7 heteroatoms. The highest BCUT2D eigenvalue weighted by atomic mass is 32.2. The van der Waals surface area contributed by atoms with Crippen molar-refractivity contribution in [2.24, 2.45) is 0 Å². The first-order valence-corrected chi connectivity index (χ1v) is 12.6. The van der Waals surface area contributed by atoms with Crippen LogP contribution in [0.15, 0.2) is 72.1 Å².